The molecule has 0 aliphatic carbocycles. The Balaban J connectivity index is 2.72. The van der Waals surface area contributed by atoms with E-state index in [0.29, 0.717) is 11.4 Å². The van der Waals surface area contributed by atoms with E-state index in [2.05, 4.69) is 0 Å². The average Bonchev–Trinajstić information content (AvgIpc) is 2.32. The number of hydrogen-bond donors (Lipinski definition) is 2. The van der Waals surface area contributed by atoms with Gasteiger partial charge in [-0.2, -0.15) is 0 Å². The molecule has 0 saturated heterocycles. The van der Waals surface area contributed by atoms with Gasteiger partial charge in [-0.3, -0.25) is 4.79 Å². The van der Waals surface area contributed by atoms with Crippen LogP contribution in [0.1, 0.15) is 19.4 Å². The molecule has 0 unspecified atom stereocenters. The van der Waals surface area contributed by atoms with E-state index in [4.69, 9.17) is 11.5 Å². The van der Waals surface area contributed by atoms with E-state index in [1.165, 1.54) is 0 Å². The lowest BCUT2D eigenvalue weighted by Gasteiger charge is -2.16. The van der Waals surface area contributed by atoms with Gasteiger partial charge in [-0.25, -0.2) is 0 Å². The normalized spacial score (nSPS) is 18.1. The Morgan fingerprint density at radius 3 is 2.33 bits per heavy atom. The molecule has 0 spiro atoms. The number of carbonyl (C=O) groups excluding carboxylic acids is 1. The predicted octanol–water partition coefficient (Wildman–Crippen LogP) is 1.10. The Labute approximate surface area is 88.9 Å². The number of hydrogen-bond acceptors (Lipinski definition) is 3. The number of fused-ring (bicyclic) bond motifs is 1. The van der Waals surface area contributed by atoms with Gasteiger partial charge in [0.2, 0.25) is 5.91 Å². The van der Waals surface area contributed by atoms with Crippen molar-refractivity contribution in [3.05, 3.63) is 17.7 Å². The lowest BCUT2D eigenvalue weighted by Crippen LogP contribution is -2.33. The summed E-state index contributed by atoms with van der Waals surface area (Å²) < 4.78 is 0. The van der Waals surface area contributed by atoms with E-state index in [-0.39, 0.29) is 5.91 Å². The molecular formula is C11H15N3O. The number of amides is 1. The van der Waals surface area contributed by atoms with Crippen LogP contribution in [0.2, 0.25) is 0 Å². The van der Waals surface area contributed by atoms with Crippen molar-refractivity contribution in [1.29, 1.82) is 0 Å². The van der Waals surface area contributed by atoms with Gasteiger partial charge in [-0.05, 0) is 31.5 Å². The van der Waals surface area contributed by atoms with Crippen LogP contribution in [0.4, 0.5) is 17.1 Å². The molecule has 0 saturated carbocycles. The fourth-order valence-electron chi connectivity index (χ4n) is 2.04. The van der Waals surface area contributed by atoms with Crippen LogP contribution >= 0.6 is 0 Å². The second kappa shape index (κ2) is 2.66. The number of nitrogens with zero attached hydrogens (tertiary/aromatic N) is 1. The van der Waals surface area contributed by atoms with Gasteiger partial charge in [-0.15, -0.1) is 0 Å². The third-order valence-electron chi connectivity index (χ3n) is 3.08. The largest absolute Gasteiger partial charge is 0.397 e. The number of nitrogens with two attached hydrogens (primary N) is 2. The van der Waals surface area contributed by atoms with Crippen molar-refractivity contribution in [2.75, 3.05) is 23.4 Å². The van der Waals surface area contributed by atoms with Gasteiger partial charge in [0, 0.05) is 12.7 Å². The summed E-state index contributed by atoms with van der Waals surface area (Å²) in [6.07, 6.45) is 0. The molecule has 1 aliphatic heterocycles. The summed E-state index contributed by atoms with van der Waals surface area (Å²) in [6, 6.07) is 3.56. The fourth-order valence-corrected chi connectivity index (χ4v) is 2.04. The van der Waals surface area contributed by atoms with Crippen molar-refractivity contribution < 1.29 is 4.79 Å². The summed E-state index contributed by atoms with van der Waals surface area (Å²) in [4.78, 5) is 13.6. The van der Waals surface area contributed by atoms with Crippen LogP contribution in [0.15, 0.2) is 12.1 Å². The molecule has 15 heavy (non-hydrogen) atoms. The minimum absolute atomic E-state index is 0.0718. The zero-order valence-electron chi connectivity index (χ0n) is 9.16. The van der Waals surface area contributed by atoms with Gasteiger partial charge >= 0.3 is 0 Å². The van der Waals surface area contributed by atoms with E-state index in [1.807, 2.05) is 13.8 Å². The van der Waals surface area contributed by atoms with Crippen molar-refractivity contribution in [2.45, 2.75) is 19.3 Å². The van der Waals surface area contributed by atoms with Crippen LogP contribution in [0.3, 0.4) is 0 Å². The lowest BCUT2D eigenvalue weighted by atomic mass is 9.86. The molecular weight excluding hydrogens is 190 g/mol. The van der Waals surface area contributed by atoms with Crippen LogP contribution in [-0.4, -0.2) is 13.0 Å². The second-order valence-corrected chi connectivity index (χ2v) is 4.49. The van der Waals surface area contributed by atoms with Gasteiger partial charge in [0.05, 0.1) is 16.8 Å². The third-order valence-corrected chi connectivity index (χ3v) is 3.08. The third kappa shape index (κ3) is 1.11. The standard InChI is InChI=1S/C11H15N3O/c1-11(2)6-4-7(12)8(13)5-9(6)14(3)10(11)15/h4-5H,12-13H2,1-3H3. The zero-order valence-corrected chi connectivity index (χ0v) is 9.16. The van der Waals surface area contributed by atoms with Crippen molar-refractivity contribution in [3.8, 4) is 0 Å². The number of rotatable bonds is 0. The van der Waals surface area contributed by atoms with Crippen molar-refractivity contribution >= 4 is 23.0 Å². The van der Waals surface area contributed by atoms with E-state index in [0.717, 1.165) is 11.3 Å². The smallest absolute Gasteiger partial charge is 0.236 e. The van der Waals surface area contributed by atoms with Crippen molar-refractivity contribution in [3.63, 3.8) is 0 Å². The number of likely N-dealkylation sites (N-methyl/N-ethyl adjacent to an activating group) is 1. The Bertz CT molecular complexity index is 451. The molecule has 1 heterocycles. The predicted molar refractivity (Wildman–Crippen MR) is 61.7 cm³/mol. The number of carbonyl (C=O) groups is 1. The van der Waals surface area contributed by atoms with E-state index in [9.17, 15) is 4.79 Å². The maximum Gasteiger partial charge on any atom is 0.236 e. The summed E-state index contributed by atoms with van der Waals surface area (Å²) in [6.45, 7) is 3.79. The quantitative estimate of drug-likeness (QED) is 0.623. The molecule has 80 valence electrons. The summed E-state index contributed by atoms with van der Waals surface area (Å²) in [5, 5.41) is 0. The monoisotopic (exact) mass is 205 g/mol. The number of nitrogen functional groups attached to an aromatic ring is 2. The SMILES string of the molecule is CN1C(=O)C(C)(C)c2cc(N)c(N)cc21. The molecule has 1 amide bonds. The Morgan fingerprint density at radius 1 is 1.20 bits per heavy atom. The van der Waals surface area contributed by atoms with Gasteiger partial charge in [0.1, 0.15) is 0 Å². The first-order chi connectivity index (χ1) is 6.85. The molecule has 4 N–H and O–H groups in total. The van der Waals surface area contributed by atoms with Crippen molar-refractivity contribution in [1.82, 2.24) is 0 Å². The highest BCUT2D eigenvalue weighted by Gasteiger charge is 2.42. The minimum atomic E-state index is -0.508. The van der Waals surface area contributed by atoms with Gasteiger partial charge in [0.15, 0.2) is 0 Å². The summed E-state index contributed by atoms with van der Waals surface area (Å²) in [5.41, 5.74) is 13.8. The highest BCUT2D eigenvalue weighted by Crippen LogP contribution is 2.43. The Morgan fingerprint density at radius 2 is 1.73 bits per heavy atom. The summed E-state index contributed by atoms with van der Waals surface area (Å²) >= 11 is 0. The molecule has 2 rings (SSSR count). The highest BCUT2D eigenvalue weighted by molar-refractivity contribution is 6.08. The first-order valence-corrected chi connectivity index (χ1v) is 4.83. The molecule has 4 nitrogen and oxygen atoms in total. The molecule has 0 bridgehead atoms. The van der Waals surface area contributed by atoms with Gasteiger partial charge < -0.3 is 16.4 Å². The first-order valence-electron chi connectivity index (χ1n) is 4.83. The van der Waals surface area contributed by atoms with E-state index in [1.54, 1.807) is 24.1 Å². The maximum absolute atomic E-state index is 12.0. The second-order valence-electron chi connectivity index (χ2n) is 4.49. The molecule has 0 atom stereocenters. The summed E-state index contributed by atoms with van der Waals surface area (Å²) in [7, 11) is 1.76. The maximum atomic E-state index is 12.0. The highest BCUT2D eigenvalue weighted by atomic mass is 16.2. The fraction of sp³-hybridized carbons (Fsp3) is 0.364. The van der Waals surface area contributed by atoms with E-state index >= 15 is 0 Å². The lowest BCUT2D eigenvalue weighted by molar-refractivity contribution is -0.121. The molecule has 0 fully saturated rings. The van der Waals surface area contributed by atoms with Gasteiger partial charge in [-0.1, -0.05) is 0 Å². The van der Waals surface area contributed by atoms with Gasteiger partial charge in [0.25, 0.3) is 0 Å². The topological polar surface area (TPSA) is 72.3 Å². The Hall–Kier alpha value is -1.71. The summed E-state index contributed by atoms with van der Waals surface area (Å²) in [5.74, 6) is 0.0718. The Kier molecular flexibility index (Phi) is 1.74. The van der Waals surface area contributed by atoms with Crippen LogP contribution in [0, 0.1) is 0 Å². The zero-order chi connectivity index (χ0) is 11.4. The molecule has 4 heteroatoms. The number of benzene rings is 1. The minimum Gasteiger partial charge on any atom is -0.397 e. The first kappa shape index (κ1) is 9.83. The van der Waals surface area contributed by atoms with E-state index < -0.39 is 5.41 Å². The molecule has 1 aliphatic rings. The average molecular weight is 205 g/mol. The molecule has 1 aromatic carbocycles. The number of anilines is 3. The van der Waals surface area contributed by atoms with Crippen LogP contribution in [0.25, 0.3) is 0 Å². The molecule has 0 aromatic heterocycles. The molecule has 0 radical (unpaired) electrons. The van der Waals surface area contributed by atoms with Crippen LogP contribution < -0.4 is 16.4 Å². The van der Waals surface area contributed by atoms with Crippen LogP contribution in [0.5, 0.6) is 0 Å². The van der Waals surface area contributed by atoms with Crippen LogP contribution in [-0.2, 0) is 10.2 Å². The van der Waals surface area contributed by atoms with Crippen molar-refractivity contribution in [2.24, 2.45) is 0 Å². The molecule has 1 aromatic rings.